The molecule has 0 radical (unpaired) electrons. The minimum atomic E-state index is -0.308. The van der Waals surface area contributed by atoms with Gasteiger partial charge in [0.15, 0.2) is 0 Å². The third kappa shape index (κ3) is 3.18. The van der Waals surface area contributed by atoms with E-state index in [1.165, 1.54) is 12.1 Å². The van der Waals surface area contributed by atoms with Gasteiger partial charge in [-0.05, 0) is 23.4 Å². The van der Waals surface area contributed by atoms with Gasteiger partial charge in [0.2, 0.25) is 0 Å². The van der Waals surface area contributed by atoms with Gasteiger partial charge >= 0.3 is 0 Å². The van der Waals surface area contributed by atoms with E-state index in [9.17, 15) is 9.18 Å². The van der Waals surface area contributed by atoms with Crippen LogP contribution in [0.3, 0.4) is 0 Å². The topological polar surface area (TPSA) is 29.1 Å². The number of rotatable bonds is 4. The zero-order chi connectivity index (χ0) is 14.7. The van der Waals surface area contributed by atoms with Crippen LogP contribution in [0.5, 0.6) is 0 Å². The molecule has 20 heavy (non-hydrogen) atoms. The van der Waals surface area contributed by atoms with Crippen LogP contribution in [0, 0.1) is 11.7 Å². The summed E-state index contributed by atoms with van der Waals surface area (Å²) in [7, 11) is 0. The molecule has 0 bridgehead atoms. The molecule has 0 spiro atoms. The van der Waals surface area contributed by atoms with Crippen molar-refractivity contribution in [1.29, 1.82) is 0 Å². The molecule has 1 N–H and O–H groups in total. The lowest BCUT2D eigenvalue weighted by Crippen LogP contribution is -2.31. The molecular weight excluding hydrogens is 321 g/mol. The van der Waals surface area contributed by atoms with E-state index in [1.54, 1.807) is 24.3 Å². The zero-order valence-electron chi connectivity index (χ0n) is 11.5. The average molecular weight is 338 g/mol. The molecule has 0 aliphatic carbocycles. The highest BCUT2D eigenvalue weighted by Gasteiger charge is 2.14. The molecule has 0 aliphatic rings. The number of fused-ring (bicyclic) bond motifs is 1. The zero-order valence-corrected chi connectivity index (χ0v) is 13.1. The molecule has 2 aromatic carbocycles. The van der Waals surface area contributed by atoms with Crippen molar-refractivity contribution in [3.05, 3.63) is 47.8 Å². The van der Waals surface area contributed by atoms with Crippen molar-refractivity contribution >= 4 is 32.6 Å². The first-order valence-electron chi connectivity index (χ1n) is 6.60. The number of nitrogens with one attached hydrogen (secondary N) is 1. The van der Waals surface area contributed by atoms with Gasteiger partial charge in [-0.2, -0.15) is 0 Å². The summed E-state index contributed by atoms with van der Waals surface area (Å²) in [6, 6.07) is 9.89. The number of halogens is 2. The summed E-state index contributed by atoms with van der Waals surface area (Å²) in [4.78, 5) is 12.5. The van der Waals surface area contributed by atoms with Crippen LogP contribution in [0.4, 0.5) is 4.39 Å². The van der Waals surface area contributed by atoms with Crippen LogP contribution in [0.15, 0.2) is 36.4 Å². The van der Waals surface area contributed by atoms with Crippen molar-refractivity contribution in [3.8, 4) is 0 Å². The largest absolute Gasteiger partial charge is 0.351 e. The van der Waals surface area contributed by atoms with E-state index < -0.39 is 0 Å². The van der Waals surface area contributed by atoms with Gasteiger partial charge in [0.25, 0.3) is 5.91 Å². The minimum Gasteiger partial charge on any atom is -0.351 e. The fourth-order valence-electron chi connectivity index (χ4n) is 1.98. The lowest BCUT2D eigenvalue weighted by Gasteiger charge is -2.15. The third-order valence-corrected chi connectivity index (χ3v) is 4.68. The highest BCUT2D eigenvalue weighted by molar-refractivity contribution is 9.09. The lowest BCUT2D eigenvalue weighted by atomic mass is 10.0. The highest BCUT2D eigenvalue weighted by Crippen LogP contribution is 2.22. The van der Waals surface area contributed by atoms with Gasteiger partial charge in [-0.15, -0.1) is 0 Å². The molecule has 0 saturated carbocycles. The maximum atomic E-state index is 13.7. The van der Waals surface area contributed by atoms with Crippen molar-refractivity contribution < 1.29 is 9.18 Å². The minimum absolute atomic E-state index is 0.175. The predicted octanol–water partition coefficient (Wildman–Crippen LogP) is 4.13. The van der Waals surface area contributed by atoms with E-state index in [2.05, 4.69) is 35.1 Å². The van der Waals surface area contributed by atoms with Crippen molar-refractivity contribution in [2.75, 3.05) is 6.54 Å². The Hall–Kier alpha value is -1.42. The molecule has 1 atom stereocenters. The Morgan fingerprint density at radius 2 is 1.85 bits per heavy atom. The Bertz CT molecular complexity index is 627. The molecule has 106 valence electrons. The Morgan fingerprint density at radius 3 is 2.50 bits per heavy atom. The van der Waals surface area contributed by atoms with Gasteiger partial charge in [0.1, 0.15) is 5.82 Å². The van der Waals surface area contributed by atoms with Gasteiger partial charge in [0, 0.05) is 22.3 Å². The van der Waals surface area contributed by atoms with Gasteiger partial charge in [-0.3, -0.25) is 4.79 Å². The van der Waals surface area contributed by atoms with Gasteiger partial charge in [-0.1, -0.05) is 54.0 Å². The Balaban J connectivity index is 2.25. The first-order chi connectivity index (χ1) is 9.50. The van der Waals surface area contributed by atoms with E-state index in [1.807, 2.05) is 0 Å². The molecule has 0 saturated heterocycles. The molecule has 0 aliphatic heterocycles. The predicted molar refractivity (Wildman–Crippen MR) is 83.8 cm³/mol. The Labute approximate surface area is 126 Å². The fourth-order valence-corrected chi connectivity index (χ4v) is 2.14. The van der Waals surface area contributed by atoms with Crippen LogP contribution >= 0.6 is 15.9 Å². The summed E-state index contributed by atoms with van der Waals surface area (Å²) < 4.78 is 13.7. The van der Waals surface area contributed by atoms with Gasteiger partial charge in [0.05, 0.1) is 0 Å². The Kier molecular flexibility index (Phi) is 4.76. The number of carbonyl (C=O) groups is 1. The maximum Gasteiger partial charge on any atom is 0.251 e. The maximum absolute atomic E-state index is 13.7. The van der Waals surface area contributed by atoms with Crippen LogP contribution in [0.25, 0.3) is 10.8 Å². The molecule has 2 nitrogen and oxygen atoms in total. The van der Waals surface area contributed by atoms with Crippen LogP contribution in [0.2, 0.25) is 0 Å². The van der Waals surface area contributed by atoms with Crippen LogP contribution in [0.1, 0.15) is 24.2 Å². The van der Waals surface area contributed by atoms with Crippen molar-refractivity contribution in [3.63, 3.8) is 0 Å². The normalized spacial score (nSPS) is 12.7. The fraction of sp³-hybridized carbons (Fsp3) is 0.312. The number of amides is 1. The molecule has 0 fully saturated rings. The number of alkyl halides is 1. The van der Waals surface area contributed by atoms with Crippen LogP contribution in [-0.2, 0) is 0 Å². The second-order valence-corrected chi connectivity index (χ2v) is 6.29. The third-order valence-electron chi connectivity index (χ3n) is 3.30. The van der Waals surface area contributed by atoms with Crippen LogP contribution < -0.4 is 5.32 Å². The summed E-state index contributed by atoms with van der Waals surface area (Å²) in [5.74, 6) is -0.0516. The molecule has 0 aromatic heterocycles. The molecule has 1 unspecified atom stereocenters. The summed E-state index contributed by atoms with van der Waals surface area (Å²) in [5, 5.41) is 3.99. The standard InChI is InChI=1S/C16H17BrFNO/c1-10(2)14(17)9-19-16(20)13-7-8-15(18)12-6-4-3-5-11(12)13/h3-8,10,14H,9H2,1-2H3,(H,19,20). The van der Waals surface area contributed by atoms with E-state index in [-0.39, 0.29) is 16.6 Å². The molecular formula is C16H17BrFNO. The number of carbonyl (C=O) groups excluding carboxylic acids is 1. The molecule has 2 aromatic rings. The van der Waals surface area contributed by atoms with Crippen molar-refractivity contribution in [1.82, 2.24) is 5.32 Å². The van der Waals surface area contributed by atoms with E-state index in [0.717, 1.165) is 0 Å². The summed E-state index contributed by atoms with van der Waals surface area (Å²) >= 11 is 3.53. The first kappa shape index (κ1) is 15.0. The molecule has 1 amide bonds. The monoisotopic (exact) mass is 337 g/mol. The van der Waals surface area contributed by atoms with E-state index in [4.69, 9.17) is 0 Å². The van der Waals surface area contributed by atoms with Gasteiger partial charge < -0.3 is 5.32 Å². The second-order valence-electron chi connectivity index (χ2n) is 5.11. The van der Waals surface area contributed by atoms with Gasteiger partial charge in [-0.25, -0.2) is 4.39 Å². The molecule has 0 heterocycles. The van der Waals surface area contributed by atoms with Crippen molar-refractivity contribution in [2.24, 2.45) is 5.92 Å². The lowest BCUT2D eigenvalue weighted by molar-refractivity contribution is 0.0954. The number of hydrogen-bond donors (Lipinski definition) is 1. The summed E-state index contributed by atoms with van der Waals surface area (Å²) in [5.41, 5.74) is 0.505. The SMILES string of the molecule is CC(C)C(Br)CNC(=O)c1ccc(F)c2ccccc12. The van der Waals surface area contributed by atoms with Crippen LogP contribution in [-0.4, -0.2) is 17.3 Å². The van der Waals surface area contributed by atoms with E-state index >= 15 is 0 Å². The second kappa shape index (κ2) is 6.35. The molecule has 4 heteroatoms. The average Bonchev–Trinajstić information content (AvgIpc) is 2.45. The highest BCUT2D eigenvalue weighted by atomic mass is 79.9. The Morgan fingerprint density at radius 1 is 1.20 bits per heavy atom. The van der Waals surface area contributed by atoms with Crippen molar-refractivity contribution in [2.45, 2.75) is 18.7 Å². The summed E-state index contributed by atoms with van der Waals surface area (Å²) in [6.07, 6.45) is 0. The summed E-state index contributed by atoms with van der Waals surface area (Å²) in [6.45, 7) is 4.71. The number of benzene rings is 2. The quantitative estimate of drug-likeness (QED) is 0.835. The first-order valence-corrected chi connectivity index (χ1v) is 7.51. The number of hydrogen-bond acceptors (Lipinski definition) is 1. The molecule has 2 rings (SSSR count). The smallest absolute Gasteiger partial charge is 0.251 e. The van der Waals surface area contributed by atoms with E-state index in [0.29, 0.717) is 28.8 Å².